The Morgan fingerprint density at radius 2 is 1.07 bits per heavy atom. The summed E-state index contributed by atoms with van der Waals surface area (Å²) in [5, 5.41) is 0. The fourth-order valence-electron chi connectivity index (χ4n) is 3.19. The highest BCUT2D eigenvalue weighted by Gasteiger charge is 2.19. The lowest BCUT2D eigenvalue weighted by Crippen LogP contribution is -2.48. The third-order valence-corrected chi connectivity index (χ3v) is 6.52. The van der Waals surface area contributed by atoms with E-state index in [1.54, 1.807) is 0 Å². The highest BCUT2D eigenvalue weighted by atomic mass is 32.3. The van der Waals surface area contributed by atoms with Crippen LogP contribution in [0.4, 0.5) is 0 Å². The average Bonchev–Trinajstić information content (AvgIpc) is 2.58. The monoisotopic (exact) mass is 447 g/mol. The van der Waals surface area contributed by atoms with Gasteiger partial charge >= 0.3 is 10.4 Å². The van der Waals surface area contributed by atoms with Crippen LogP contribution in [-0.2, 0) is 24.4 Å². The van der Waals surface area contributed by atoms with E-state index in [1.807, 2.05) is 0 Å². The molecule has 0 aliphatic rings. The quantitative estimate of drug-likeness (QED) is 0.164. The summed E-state index contributed by atoms with van der Waals surface area (Å²) in [4.78, 5) is 0. The number of unbranched alkanes of at least 4 members (excludes halogenated alkanes) is 9. The van der Waals surface area contributed by atoms with E-state index >= 15 is 0 Å². The van der Waals surface area contributed by atoms with Crippen molar-refractivity contribution in [1.82, 2.24) is 0 Å². The predicted octanol–water partition coefficient (Wildman–Crippen LogP) is 4.05. The highest BCUT2D eigenvalue weighted by Crippen LogP contribution is 2.13. The van der Waals surface area contributed by atoms with E-state index in [0.717, 1.165) is 0 Å². The van der Waals surface area contributed by atoms with Crippen LogP contribution in [0.3, 0.4) is 0 Å². The van der Waals surface area contributed by atoms with Gasteiger partial charge in [0.1, 0.15) is 0 Å². The Morgan fingerprint density at radius 1 is 0.714 bits per heavy atom. The maximum absolute atomic E-state index is 9.40. The van der Waals surface area contributed by atoms with Gasteiger partial charge in [-0.2, -0.15) is 8.42 Å². The second-order valence-electron chi connectivity index (χ2n) is 7.10. The van der Waals surface area contributed by atoms with Gasteiger partial charge in [-0.15, -0.1) is 3.63 Å². The SMILES string of the molecule is CCCCCCCCCCCC[N+](CC)(CC)CC.O=S(=O)([O-])OS(=O)(=O)O. The second-order valence-corrected chi connectivity index (χ2v) is 9.32. The van der Waals surface area contributed by atoms with Crippen molar-refractivity contribution in [3.63, 3.8) is 0 Å². The highest BCUT2D eigenvalue weighted by molar-refractivity contribution is 7.94. The van der Waals surface area contributed by atoms with Gasteiger partial charge in [0.25, 0.3) is 0 Å². The summed E-state index contributed by atoms with van der Waals surface area (Å²) in [5.41, 5.74) is 0. The molecule has 0 bridgehead atoms. The van der Waals surface area contributed by atoms with Crippen molar-refractivity contribution < 1.29 is 34.1 Å². The minimum Gasteiger partial charge on any atom is -0.725 e. The fraction of sp³-hybridized carbons (Fsp3) is 1.00. The molecule has 0 amide bonds. The van der Waals surface area contributed by atoms with E-state index in [4.69, 9.17) is 4.55 Å². The van der Waals surface area contributed by atoms with Crippen molar-refractivity contribution in [2.45, 2.75) is 91.9 Å². The van der Waals surface area contributed by atoms with Crippen molar-refractivity contribution in [2.24, 2.45) is 0 Å². The molecule has 8 nitrogen and oxygen atoms in total. The first kappa shape index (κ1) is 29.9. The van der Waals surface area contributed by atoms with Crippen molar-refractivity contribution in [3.8, 4) is 0 Å². The van der Waals surface area contributed by atoms with E-state index in [9.17, 15) is 21.4 Å². The topological polar surface area (TPSA) is 121 Å². The van der Waals surface area contributed by atoms with Gasteiger partial charge in [-0.05, 0) is 33.6 Å². The Bertz CT molecular complexity index is 520. The van der Waals surface area contributed by atoms with Crippen LogP contribution in [0.15, 0.2) is 0 Å². The van der Waals surface area contributed by atoms with E-state index in [1.165, 1.54) is 94.9 Å². The lowest BCUT2D eigenvalue weighted by atomic mass is 10.1. The molecule has 0 rings (SSSR count). The third kappa shape index (κ3) is 20.5. The second kappa shape index (κ2) is 16.5. The first-order valence-electron chi connectivity index (χ1n) is 10.4. The minimum absolute atomic E-state index is 1.31. The van der Waals surface area contributed by atoms with Gasteiger partial charge < -0.3 is 9.04 Å². The Hall–Kier alpha value is -0.260. The number of quaternary nitrogens is 1. The smallest absolute Gasteiger partial charge is 0.411 e. The molecule has 0 saturated carbocycles. The molecule has 0 saturated heterocycles. The van der Waals surface area contributed by atoms with Crippen LogP contribution in [0, 0.1) is 0 Å². The first-order valence-corrected chi connectivity index (χ1v) is 13.1. The largest absolute Gasteiger partial charge is 0.725 e. The van der Waals surface area contributed by atoms with E-state index < -0.39 is 20.8 Å². The van der Waals surface area contributed by atoms with Gasteiger partial charge in [0.15, 0.2) is 0 Å². The molecule has 0 aliphatic carbocycles. The molecule has 1 N–H and O–H groups in total. The van der Waals surface area contributed by atoms with Crippen LogP contribution < -0.4 is 0 Å². The van der Waals surface area contributed by atoms with Crippen molar-refractivity contribution in [2.75, 3.05) is 26.2 Å². The molecule has 28 heavy (non-hydrogen) atoms. The van der Waals surface area contributed by atoms with Crippen molar-refractivity contribution in [1.29, 1.82) is 0 Å². The van der Waals surface area contributed by atoms with Gasteiger partial charge in [0.05, 0.1) is 26.2 Å². The van der Waals surface area contributed by atoms with E-state index in [0.29, 0.717) is 0 Å². The minimum atomic E-state index is -5.37. The van der Waals surface area contributed by atoms with Gasteiger partial charge in [0.2, 0.25) is 10.4 Å². The summed E-state index contributed by atoms with van der Waals surface area (Å²) < 4.78 is 58.2. The summed E-state index contributed by atoms with van der Waals surface area (Å²) in [6.07, 6.45) is 14.5. The van der Waals surface area contributed by atoms with Crippen LogP contribution in [0.2, 0.25) is 0 Å². The molecule has 0 aromatic heterocycles. The molecule has 0 radical (unpaired) electrons. The molecule has 10 heteroatoms. The number of hydrogen-bond acceptors (Lipinski definition) is 6. The molecule has 0 heterocycles. The first-order chi connectivity index (χ1) is 12.9. The van der Waals surface area contributed by atoms with Crippen LogP contribution >= 0.6 is 0 Å². The summed E-state index contributed by atoms with van der Waals surface area (Å²) in [6, 6.07) is 0. The Balaban J connectivity index is 0. The van der Waals surface area contributed by atoms with E-state index in [2.05, 4.69) is 31.3 Å². The Morgan fingerprint density at radius 3 is 1.32 bits per heavy atom. The zero-order chi connectivity index (χ0) is 22.1. The lowest BCUT2D eigenvalue weighted by molar-refractivity contribution is -0.923. The summed E-state index contributed by atoms with van der Waals surface area (Å²) in [7, 11) is -10.6. The van der Waals surface area contributed by atoms with E-state index in [-0.39, 0.29) is 0 Å². The number of hydrogen-bond donors (Lipinski definition) is 1. The van der Waals surface area contributed by atoms with Crippen LogP contribution in [-0.4, -0.2) is 56.6 Å². The molecule has 0 atom stereocenters. The molecule has 0 unspecified atom stereocenters. The third-order valence-electron chi connectivity index (χ3n) is 5.17. The molecular formula is C18H41NO7S2. The molecule has 0 aromatic rings. The summed E-state index contributed by atoms with van der Waals surface area (Å²) >= 11 is 0. The van der Waals surface area contributed by atoms with Crippen LogP contribution in [0.5, 0.6) is 0 Å². The molecule has 0 spiro atoms. The van der Waals surface area contributed by atoms with Gasteiger partial charge in [-0.3, -0.25) is 4.55 Å². The molecular weight excluding hydrogens is 406 g/mol. The summed E-state index contributed by atoms with van der Waals surface area (Å²) in [6.45, 7) is 14.7. The lowest BCUT2D eigenvalue weighted by Gasteiger charge is -2.35. The Labute approximate surface area is 173 Å². The maximum Gasteiger partial charge on any atom is 0.411 e. The summed E-state index contributed by atoms with van der Waals surface area (Å²) in [5.74, 6) is 0. The molecule has 0 aromatic carbocycles. The fourth-order valence-corrected chi connectivity index (χ4v) is 4.03. The molecule has 0 aliphatic heterocycles. The maximum atomic E-state index is 9.40. The molecule has 172 valence electrons. The molecule has 0 fully saturated rings. The van der Waals surface area contributed by atoms with Gasteiger partial charge in [0, 0.05) is 0 Å². The van der Waals surface area contributed by atoms with Crippen LogP contribution in [0.1, 0.15) is 91.9 Å². The standard InChI is InChI=1S/C18H40N.H2O7S2/c1-5-9-10-11-12-13-14-15-16-17-18-19(6-2,7-3)8-4;1-8(2,3)7-9(4,5)6/h5-18H2,1-4H3;(H,1,2,3)(H,4,5,6)/q+1;/p-1. The number of rotatable bonds is 16. The van der Waals surface area contributed by atoms with Crippen molar-refractivity contribution in [3.05, 3.63) is 0 Å². The zero-order valence-electron chi connectivity index (χ0n) is 18.1. The average molecular weight is 448 g/mol. The van der Waals surface area contributed by atoms with Gasteiger partial charge in [-0.1, -0.05) is 58.3 Å². The van der Waals surface area contributed by atoms with Gasteiger partial charge in [-0.25, -0.2) is 8.42 Å². The number of nitrogens with zero attached hydrogens (tertiary/aromatic N) is 1. The van der Waals surface area contributed by atoms with Crippen molar-refractivity contribution >= 4 is 20.8 Å². The zero-order valence-corrected chi connectivity index (χ0v) is 19.7. The predicted molar refractivity (Wildman–Crippen MR) is 111 cm³/mol. The Kier molecular flexibility index (Phi) is 17.7. The normalized spacial score (nSPS) is 12.5. The van der Waals surface area contributed by atoms with Crippen LogP contribution in [0.25, 0.3) is 0 Å².